The minimum atomic E-state index is 0.0786. The van der Waals surface area contributed by atoms with Crippen molar-refractivity contribution in [2.45, 2.75) is 12.8 Å². The van der Waals surface area contributed by atoms with Crippen LogP contribution in [0.1, 0.15) is 12.8 Å². The molecule has 0 aliphatic carbocycles. The second-order valence-corrected chi connectivity index (χ2v) is 5.89. The molecule has 0 amide bonds. The van der Waals surface area contributed by atoms with Crippen molar-refractivity contribution in [3.05, 3.63) is 43.1 Å². The van der Waals surface area contributed by atoms with Crippen LogP contribution in [0.3, 0.4) is 0 Å². The van der Waals surface area contributed by atoms with E-state index in [-0.39, 0.29) is 5.92 Å². The number of hydrogen-bond acceptors (Lipinski definition) is 5. The fourth-order valence-electron chi connectivity index (χ4n) is 3.30. The van der Waals surface area contributed by atoms with Crippen LogP contribution >= 0.6 is 0 Å². The Morgan fingerprint density at radius 2 is 2.22 bits per heavy atom. The smallest absolute Gasteiger partial charge is 0.140 e. The zero-order chi connectivity index (χ0) is 15.6. The summed E-state index contributed by atoms with van der Waals surface area (Å²) in [6, 6.07) is 7.98. The Hall–Kier alpha value is -2.69. The molecule has 116 valence electrons. The number of benzene rings is 1. The largest absolute Gasteiger partial charge is 0.472 e. The van der Waals surface area contributed by atoms with Gasteiger partial charge in [-0.15, -0.1) is 0 Å². The molecular weight excluding hydrogens is 290 g/mol. The molecule has 3 heterocycles. The number of carbonyl (C=O) groups excluding carboxylic acids is 1. The van der Waals surface area contributed by atoms with E-state index in [1.807, 2.05) is 18.2 Å². The van der Waals surface area contributed by atoms with Gasteiger partial charge in [0.2, 0.25) is 0 Å². The molecule has 3 aromatic rings. The molecular formula is C18H17N3O2. The summed E-state index contributed by atoms with van der Waals surface area (Å²) in [6.45, 7) is 1.63. The SMILES string of the molecule is O=CC1CCCN(c2ncnc3cccc(-c4ccoc4)c23)C1. The monoisotopic (exact) mass is 307 g/mol. The molecule has 0 bridgehead atoms. The lowest BCUT2D eigenvalue weighted by Crippen LogP contribution is -2.36. The molecule has 4 rings (SSSR count). The zero-order valence-corrected chi connectivity index (χ0v) is 12.7. The van der Waals surface area contributed by atoms with Gasteiger partial charge in [-0.25, -0.2) is 9.97 Å². The van der Waals surface area contributed by atoms with Crippen LogP contribution in [0.15, 0.2) is 47.5 Å². The van der Waals surface area contributed by atoms with Gasteiger partial charge in [0, 0.05) is 24.6 Å². The Balaban J connectivity index is 1.88. The van der Waals surface area contributed by atoms with Crippen LogP contribution in [-0.2, 0) is 4.79 Å². The van der Waals surface area contributed by atoms with E-state index in [2.05, 4.69) is 20.9 Å². The van der Waals surface area contributed by atoms with Crippen LogP contribution in [0.5, 0.6) is 0 Å². The average Bonchev–Trinajstić information content (AvgIpc) is 3.15. The topological polar surface area (TPSA) is 59.2 Å². The summed E-state index contributed by atoms with van der Waals surface area (Å²) >= 11 is 0. The van der Waals surface area contributed by atoms with Gasteiger partial charge in [-0.05, 0) is 30.5 Å². The number of furan rings is 1. The second kappa shape index (κ2) is 5.83. The molecule has 2 aromatic heterocycles. The molecule has 1 saturated heterocycles. The van der Waals surface area contributed by atoms with Crippen molar-refractivity contribution in [2.24, 2.45) is 5.92 Å². The quantitative estimate of drug-likeness (QED) is 0.695. The summed E-state index contributed by atoms with van der Waals surface area (Å²) < 4.78 is 5.24. The molecule has 23 heavy (non-hydrogen) atoms. The lowest BCUT2D eigenvalue weighted by molar-refractivity contribution is -0.111. The fraction of sp³-hybridized carbons (Fsp3) is 0.278. The fourth-order valence-corrected chi connectivity index (χ4v) is 3.30. The highest BCUT2D eigenvalue weighted by molar-refractivity contribution is 6.01. The maximum Gasteiger partial charge on any atom is 0.140 e. The third kappa shape index (κ3) is 2.48. The molecule has 1 aromatic carbocycles. The van der Waals surface area contributed by atoms with E-state index < -0.39 is 0 Å². The minimum Gasteiger partial charge on any atom is -0.472 e. The number of aldehydes is 1. The molecule has 0 saturated carbocycles. The molecule has 5 heteroatoms. The van der Waals surface area contributed by atoms with Gasteiger partial charge in [-0.3, -0.25) is 0 Å². The molecule has 0 N–H and O–H groups in total. The average molecular weight is 307 g/mol. The first kappa shape index (κ1) is 13.9. The van der Waals surface area contributed by atoms with E-state index in [0.29, 0.717) is 0 Å². The van der Waals surface area contributed by atoms with E-state index in [1.54, 1.807) is 18.9 Å². The summed E-state index contributed by atoms with van der Waals surface area (Å²) in [5.41, 5.74) is 2.97. The van der Waals surface area contributed by atoms with Crippen LogP contribution in [0.25, 0.3) is 22.0 Å². The Labute approximate surface area is 134 Å². The number of aromatic nitrogens is 2. The van der Waals surface area contributed by atoms with E-state index in [9.17, 15) is 4.79 Å². The summed E-state index contributed by atoms with van der Waals surface area (Å²) in [5, 5.41) is 1.02. The maximum absolute atomic E-state index is 11.2. The van der Waals surface area contributed by atoms with Gasteiger partial charge in [0.15, 0.2) is 0 Å². The first-order chi connectivity index (χ1) is 11.4. The van der Waals surface area contributed by atoms with Crippen molar-refractivity contribution >= 4 is 23.0 Å². The maximum atomic E-state index is 11.2. The molecule has 0 radical (unpaired) electrons. The number of nitrogens with zero attached hydrogens (tertiary/aromatic N) is 3. The highest BCUT2D eigenvalue weighted by atomic mass is 16.3. The number of rotatable bonds is 3. The molecule has 1 atom stereocenters. The van der Waals surface area contributed by atoms with Crippen molar-refractivity contribution in [3.8, 4) is 11.1 Å². The van der Waals surface area contributed by atoms with E-state index >= 15 is 0 Å². The van der Waals surface area contributed by atoms with Gasteiger partial charge >= 0.3 is 0 Å². The highest BCUT2D eigenvalue weighted by Crippen LogP contribution is 2.35. The lowest BCUT2D eigenvalue weighted by atomic mass is 9.98. The van der Waals surface area contributed by atoms with Gasteiger partial charge in [-0.1, -0.05) is 12.1 Å². The number of anilines is 1. The summed E-state index contributed by atoms with van der Waals surface area (Å²) in [4.78, 5) is 22.3. The van der Waals surface area contributed by atoms with Gasteiger partial charge < -0.3 is 14.1 Å². The molecule has 1 fully saturated rings. The summed E-state index contributed by atoms with van der Waals surface area (Å²) in [7, 11) is 0. The van der Waals surface area contributed by atoms with Crippen LogP contribution in [0, 0.1) is 5.92 Å². The third-order valence-electron chi connectivity index (χ3n) is 4.42. The first-order valence-electron chi connectivity index (χ1n) is 7.83. The van der Waals surface area contributed by atoms with Crippen molar-refractivity contribution in [1.82, 2.24) is 9.97 Å². The number of fused-ring (bicyclic) bond motifs is 1. The molecule has 1 aliphatic rings. The highest BCUT2D eigenvalue weighted by Gasteiger charge is 2.23. The van der Waals surface area contributed by atoms with Gasteiger partial charge in [0.1, 0.15) is 18.4 Å². The van der Waals surface area contributed by atoms with Crippen LogP contribution in [0.4, 0.5) is 5.82 Å². The standard InChI is InChI=1S/C18H17N3O2/c22-10-13-3-2-7-21(9-13)18-17-15(14-6-8-23-11-14)4-1-5-16(17)19-12-20-18/h1,4-6,8,10-13H,2-3,7,9H2. The van der Waals surface area contributed by atoms with E-state index in [0.717, 1.165) is 60.1 Å². The van der Waals surface area contributed by atoms with Gasteiger partial charge in [0.25, 0.3) is 0 Å². The molecule has 1 unspecified atom stereocenters. The number of piperidine rings is 1. The van der Waals surface area contributed by atoms with Crippen molar-refractivity contribution < 1.29 is 9.21 Å². The van der Waals surface area contributed by atoms with Gasteiger partial charge in [-0.2, -0.15) is 0 Å². The van der Waals surface area contributed by atoms with Gasteiger partial charge in [0.05, 0.1) is 23.4 Å². The summed E-state index contributed by atoms with van der Waals surface area (Å²) in [6.07, 6.45) is 8.02. The van der Waals surface area contributed by atoms with Crippen LogP contribution in [0.2, 0.25) is 0 Å². The predicted octanol–water partition coefficient (Wildman–Crippen LogP) is 3.31. The minimum absolute atomic E-state index is 0.0786. The normalized spacial score (nSPS) is 18.3. The Morgan fingerprint density at radius 3 is 3.04 bits per heavy atom. The molecule has 1 aliphatic heterocycles. The Bertz CT molecular complexity index is 824. The van der Waals surface area contributed by atoms with E-state index in [4.69, 9.17) is 4.42 Å². The zero-order valence-electron chi connectivity index (χ0n) is 12.7. The van der Waals surface area contributed by atoms with E-state index in [1.165, 1.54) is 0 Å². The third-order valence-corrected chi connectivity index (χ3v) is 4.42. The Kier molecular flexibility index (Phi) is 3.54. The molecule has 5 nitrogen and oxygen atoms in total. The van der Waals surface area contributed by atoms with Crippen molar-refractivity contribution in [2.75, 3.05) is 18.0 Å². The predicted molar refractivity (Wildman–Crippen MR) is 88.2 cm³/mol. The summed E-state index contributed by atoms with van der Waals surface area (Å²) in [5.74, 6) is 0.980. The van der Waals surface area contributed by atoms with Crippen molar-refractivity contribution in [1.29, 1.82) is 0 Å². The number of hydrogen-bond donors (Lipinski definition) is 0. The first-order valence-corrected chi connectivity index (χ1v) is 7.83. The van der Waals surface area contributed by atoms with Crippen LogP contribution < -0.4 is 4.90 Å². The van der Waals surface area contributed by atoms with Crippen molar-refractivity contribution in [3.63, 3.8) is 0 Å². The van der Waals surface area contributed by atoms with Crippen LogP contribution in [-0.4, -0.2) is 29.3 Å². The molecule has 0 spiro atoms. The lowest BCUT2D eigenvalue weighted by Gasteiger charge is -2.32. The number of carbonyl (C=O) groups is 1. The second-order valence-electron chi connectivity index (χ2n) is 5.89. The Morgan fingerprint density at radius 1 is 1.26 bits per heavy atom.